The highest BCUT2D eigenvalue weighted by Crippen LogP contribution is 2.09. The number of hydrogen-bond acceptors (Lipinski definition) is 4. The minimum atomic E-state index is -0.0949. The van der Waals surface area contributed by atoms with Crippen LogP contribution >= 0.6 is 0 Å². The second-order valence-electron chi connectivity index (χ2n) is 5.70. The molecular weight excluding hydrogens is 264 g/mol. The summed E-state index contributed by atoms with van der Waals surface area (Å²) in [5, 5.41) is 6.20. The molecule has 1 aliphatic heterocycles. The minimum absolute atomic E-state index is 0.0949. The van der Waals surface area contributed by atoms with Crippen molar-refractivity contribution < 1.29 is 4.79 Å². The highest BCUT2D eigenvalue weighted by molar-refractivity contribution is 5.92. The molecule has 1 fully saturated rings. The third-order valence-electron chi connectivity index (χ3n) is 3.74. The molecule has 1 atom stereocenters. The van der Waals surface area contributed by atoms with Crippen LogP contribution in [0.25, 0.3) is 0 Å². The fourth-order valence-corrected chi connectivity index (χ4v) is 2.71. The third-order valence-corrected chi connectivity index (χ3v) is 3.74. The van der Waals surface area contributed by atoms with Gasteiger partial charge >= 0.3 is 0 Å². The van der Waals surface area contributed by atoms with E-state index in [1.165, 1.54) is 19.3 Å². The average molecular weight is 290 g/mol. The Bertz CT molecular complexity index is 440. The molecule has 0 aliphatic carbocycles. The Morgan fingerprint density at radius 2 is 2.10 bits per heavy atom. The van der Waals surface area contributed by atoms with Crippen molar-refractivity contribution >= 4 is 11.6 Å². The second kappa shape index (κ2) is 7.98. The molecule has 1 saturated heterocycles. The molecule has 5 nitrogen and oxygen atoms in total. The van der Waals surface area contributed by atoms with Crippen molar-refractivity contribution in [2.24, 2.45) is 0 Å². The topological polar surface area (TPSA) is 57.3 Å². The van der Waals surface area contributed by atoms with Crippen molar-refractivity contribution in [2.75, 3.05) is 31.5 Å². The van der Waals surface area contributed by atoms with Gasteiger partial charge in [-0.25, -0.2) is 4.98 Å². The van der Waals surface area contributed by atoms with E-state index in [1.54, 1.807) is 12.3 Å². The molecule has 0 aromatic carbocycles. The van der Waals surface area contributed by atoms with Gasteiger partial charge in [0.15, 0.2) is 0 Å². The Kier molecular flexibility index (Phi) is 5.99. The van der Waals surface area contributed by atoms with Crippen molar-refractivity contribution in [1.29, 1.82) is 0 Å². The van der Waals surface area contributed by atoms with E-state index in [0.717, 1.165) is 31.9 Å². The molecule has 116 valence electrons. The van der Waals surface area contributed by atoms with Gasteiger partial charge in [0.25, 0.3) is 5.91 Å². The highest BCUT2D eigenvalue weighted by atomic mass is 16.1. The summed E-state index contributed by atoms with van der Waals surface area (Å²) in [4.78, 5) is 18.8. The lowest BCUT2D eigenvalue weighted by Crippen LogP contribution is -2.43. The van der Waals surface area contributed by atoms with E-state index in [9.17, 15) is 4.79 Å². The molecule has 1 aliphatic rings. The molecule has 5 heteroatoms. The summed E-state index contributed by atoms with van der Waals surface area (Å²) >= 11 is 0. The molecule has 1 aromatic rings. The lowest BCUT2D eigenvalue weighted by molar-refractivity contribution is 0.0920. The van der Waals surface area contributed by atoms with Crippen LogP contribution in [0.15, 0.2) is 18.3 Å². The van der Waals surface area contributed by atoms with E-state index in [-0.39, 0.29) is 11.9 Å². The molecule has 1 amide bonds. The van der Waals surface area contributed by atoms with Gasteiger partial charge in [0, 0.05) is 19.1 Å². The maximum atomic E-state index is 12.2. The van der Waals surface area contributed by atoms with Crippen LogP contribution < -0.4 is 10.6 Å². The largest absolute Gasteiger partial charge is 0.384 e. The van der Waals surface area contributed by atoms with Crippen LogP contribution in [-0.2, 0) is 0 Å². The molecule has 0 spiro atoms. The number of aromatic nitrogens is 1. The summed E-state index contributed by atoms with van der Waals surface area (Å²) in [5.74, 6) is -0.0949. The van der Waals surface area contributed by atoms with Crippen molar-refractivity contribution in [3.05, 3.63) is 24.0 Å². The van der Waals surface area contributed by atoms with Gasteiger partial charge in [-0.15, -0.1) is 0 Å². The van der Waals surface area contributed by atoms with Crippen LogP contribution in [0.4, 0.5) is 5.69 Å². The number of anilines is 1. The number of hydrogen-bond donors (Lipinski definition) is 2. The van der Waals surface area contributed by atoms with E-state index in [2.05, 4.69) is 27.4 Å². The lowest BCUT2D eigenvalue weighted by atomic mass is 10.1. The van der Waals surface area contributed by atoms with Gasteiger partial charge in [-0.2, -0.15) is 0 Å². The predicted molar refractivity (Wildman–Crippen MR) is 85.6 cm³/mol. The number of nitrogens with one attached hydrogen (secondary N) is 2. The van der Waals surface area contributed by atoms with Gasteiger partial charge in [-0.3, -0.25) is 4.79 Å². The number of rotatable bonds is 6. The molecular formula is C16H26N4O. The van der Waals surface area contributed by atoms with Crippen LogP contribution in [0, 0.1) is 0 Å². The quantitative estimate of drug-likeness (QED) is 0.842. The summed E-state index contributed by atoms with van der Waals surface area (Å²) in [5.41, 5.74) is 1.41. The number of piperidine rings is 1. The van der Waals surface area contributed by atoms with Crippen molar-refractivity contribution in [3.63, 3.8) is 0 Å². The number of pyridine rings is 1. The van der Waals surface area contributed by atoms with Crippen LogP contribution in [0.5, 0.6) is 0 Å². The molecule has 2 N–H and O–H groups in total. The Labute approximate surface area is 127 Å². The average Bonchev–Trinajstić information content (AvgIpc) is 2.49. The normalized spacial score (nSPS) is 17.2. The molecule has 0 radical (unpaired) electrons. The van der Waals surface area contributed by atoms with E-state index < -0.39 is 0 Å². The molecule has 2 heterocycles. The molecule has 1 aromatic heterocycles. The summed E-state index contributed by atoms with van der Waals surface area (Å²) < 4.78 is 0. The zero-order chi connectivity index (χ0) is 15.1. The van der Waals surface area contributed by atoms with Crippen molar-refractivity contribution in [2.45, 2.75) is 39.2 Å². The van der Waals surface area contributed by atoms with Crippen LogP contribution in [0.2, 0.25) is 0 Å². The highest BCUT2D eigenvalue weighted by Gasteiger charge is 2.16. The second-order valence-corrected chi connectivity index (χ2v) is 5.70. The number of carbonyl (C=O) groups excluding carboxylic acids is 1. The fraction of sp³-hybridized carbons (Fsp3) is 0.625. The lowest BCUT2D eigenvalue weighted by Gasteiger charge is -2.29. The first-order valence-corrected chi connectivity index (χ1v) is 7.92. The molecule has 2 rings (SSSR count). The Balaban J connectivity index is 1.82. The van der Waals surface area contributed by atoms with Crippen LogP contribution in [0.1, 0.15) is 43.6 Å². The maximum absolute atomic E-state index is 12.2. The summed E-state index contributed by atoms with van der Waals surface area (Å²) in [6.45, 7) is 8.15. The zero-order valence-electron chi connectivity index (χ0n) is 13.1. The Hall–Kier alpha value is -1.62. The Morgan fingerprint density at radius 3 is 2.71 bits per heavy atom. The van der Waals surface area contributed by atoms with E-state index in [1.807, 2.05) is 13.0 Å². The summed E-state index contributed by atoms with van der Waals surface area (Å²) in [6, 6.07) is 3.80. The number of amides is 1. The van der Waals surface area contributed by atoms with E-state index >= 15 is 0 Å². The summed E-state index contributed by atoms with van der Waals surface area (Å²) in [6.07, 6.45) is 5.58. The first-order chi connectivity index (χ1) is 10.2. The third kappa shape index (κ3) is 5.01. The van der Waals surface area contributed by atoms with Crippen LogP contribution in [-0.4, -0.2) is 48.0 Å². The van der Waals surface area contributed by atoms with Crippen LogP contribution in [0.3, 0.4) is 0 Å². The maximum Gasteiger partial charge on any atom is 0.270 e. The van der Waals surface area contributed by atoms with E-state index in [0.29, 0.717) is 5.69 Å². The van der Waals surface area contributed by atoms with Gasteiger partial charge in [0.2, 0.25) is 0 Å². The molecule has 0 saturated carbocycles. The fourth-order valence-electron chi connectivity index (χ4n) is 2.71. The number of likely N-dealkylation sites (tertiary alicyclic amines) is 1. The van der Waals surface area contributed by atoms with E-state index in [4.69, 9.17) is 0 Å². The SMILES string of the molecule is CCNc1ccc(C(=O)NC(C)CN2CCCCC2)nc1. The number of carbonyl (C=O) groups is 1. The van der Waals surface area contributed by atoms with Gasteiger partial charge < -0.3 is 15.5 Å². The Morgan fingerprint density at radius 1 is 1.33 bits per heavy atom. The smallest absolute Gasteiger partial charge is 0.270 e. The first-order valence-electron chi connectivity index (χ1n) is 7.92. The zero-order valence-corrected chi connectivity index (χ0v) is 13.1. The molecule has 0 bridgehead atoms. The van der Waals surface area contributed by atoms with Gasteiger partial charge in [0.05, 0.1) is 11.9 Å². The van der Waals surface area contributed by atoms with Crippen molar-refractivity contribution in [3.8, 4) is 0 Å². The molecule has 1 unspecified atom stereocenters. The first kappa shape index (κ1) is 15.8. The molecule has 21 heavy (non-hydrogen) atoms. The van der Waals surface area contributed by atoms with Gasteiger partial charge in [-0.05, 0) is 51.9 Å². The van der Waals surface area contributed by atoms with Gasteiger partial charge in [-0.1, -0.05) is 6.42 Å². The number of nitrogens with zero attached hydrogens (tertiary/aromatic N) is 2. The minimum Gasteiger partial charge on any atom is -0.384 e. The van der Waals surface area contributed by atoms with Gasteiger partial charge in [0.1, 0.15) is 5.69 Å². The standard InChI is InChI=1S/C16H26N4O/c1-3-17-14-7-8-15(18-11-14)16(21)19-13(2)12-20-9-5-4-6-10-20/h7-8,11,13,17H,3-6,9-10,12H2,1-2H3,(H,19,21). The monoisotopic (exact) mass is 290 g/mol. The predicted octanol–water partition coefficient (Wildman–Crippen LogP) is 2.12. The summed E-state index contributed by atoms with van der Waals surface area (Å²) in [7, 11) is 0. The van der Waals surface area contributed by atoms with Crippen molar-refractivity contribution in [1.82, 2.24) is 15.2 Å².